The van der Waals surface area contributed by atoms with Crippen LogP contribution in [0.25, 0.3) is 0 Å². The maximum atomic E-state index is 11.4. The summed E-state index contributed by atoms with van der Waals surface area (Å²) in [6.07, 6.45) is 3.23. The Morgan fingerprint density at radius 2 is 2.20 bits per heavy atom. The van der Waals surface area contributed by atoms with E-state index in [2.05, 4.69) is 15.2 Å². The van der Waals surface area contributed by atoms with Crippen molar-refractivity contribution < 1.29 is 14.7 Å². The number of hydrogen-bond acceptors (Lipinski definition) is 5. The molecule has 1 aromatic rings. The van der Waals surface area contributed by atoms with Crippen molar-refractivity contribution in [2.24, 2.45) is 0 Å². The van der Waals surface area contributed by atoms with Crippen molar-refractivity contribution in [3.05, 3.63) is 24.5 Å². The number of carboxylic acid groups (broad SMARTS) is 1. The summed E-state index contributed by atoms with van der Waals surface area (Å²) in [5, 5.41) is 12.3. The van der Waals surface area contributed by atoms with Gasteiger partial charge in [0.15, 0.2) is 0 Å². The predicted octanol–water partition coefficient (Wildman–Crippen LogP) is 0.386. The Hall–Kier alpha value is -2.15. The smallest absolute Gasteiger partial charge is 0.408 e. The van der Waals surface area contributed by atoms with Gasteiger partial charge in [-0.2, -0.15) is 0 Å². The summed E-state index contributed by atoms with van der Waals surface area (Å²) in [7, 11) is 1.68. The van der Waals surface area contributed by atoms with Gasteiger partial charge in [0, 0.05) is 37.6 Å². The fourth-order valence-electron chi connectivity index (χ4n) is 2.60. The van der Waals surface area contributed by atoms with Gasteiger partial charge in [-0.25, -0.2) is 4.79 Å². The Kier molecular flexibility index (Phi) is 4.19. The van der Waals surface area contributed by atoms with Crippen molar-refractivity contribution in [3.63, 3.8) is 0 Å². The predicted molar refractivity (Wildman–Crippen MR) is 73.7 cm³/mol. The summed E-state index contributed by atoms with van der Waals surface area (Å²) in [6.45, 7) is 1.34. The third-order valence-corrected chi connectivity index (χ3v) is 3.71. The van der Waals surface area contributed by atoms with Crippen molar-refractivity contribution in [2.45, 2.75) is 12.1 Å². The monoisotopic (exact) mass is 278 g/mol. The van der Waals surface area contributed by atoms with E-state index in [0.717, 1.165) is 12.0 Å². The third-order valence-electron chi connectivity index (χ3n) is 3.71. The number of carbonyl (C=O) groups excluding carboxylic acids is 1. The second-order valence-electron chi connectivity index (χ2n) is 4.71. The average molecular weight is 278 g/mol. The molecule has 2 N–H and O–H groups in total. The minimum atomic E-state index is -1.02. The molecular weight excluding hydrogens is 260 g/mol. The van der Waals surface area contributed by atoms with Crippen molar-refractivity contribution in [1.29, 1.82) is 0 Å². The molecule has 7 nitrogen and oxygen atoms in total. The van der Waals surface area contributed by atoms with Crippen LogP contribution >= 0.6 is 0 Å². The molecule has 1 saturated heterocycles. The molecule has 1 aromatic heterocycles. The Bertz CT molecular complexity index is 482. The number of anilines is 1. The second kappa shape index (κ2) is 5.87. The Labute approximate surface area is 117 Å². The molecule has 1 aliphatic rings. The molecule has 1 unspecified atom stereocenters. The molecule has 0 aliphatic carbocycles. The van der Waals surface area contributed by atoms with E-state index in [1.165, 1.54) is 4.90 Å². The van der Waals surface area contributed by atoms with E-state index in [1.54, 1.807) is 19.4 Å². The van der Waals surface area contributed by atoms with Crippen LogP contribution in [0.4, 0.5) is 10.5 Å². The Morgan fingerprint density at radius 1 is 1.50 bits per heavy atom. The van der Waals surface area contributed by atoms with Crippen LogP contribution in [-0.2, 0) is 4.79 Å². The van der Waals surface area contributed by atoms with Crippen molar-refractivity contribution >= 4 is 18.1 Å². The van der Waals surface area contributed by atoms with Gasteiger partial charge in [-0.1, -0.05) is 0 Å². The van der Waals surface area contributed by atoms with Crippen molar-refractivity contribution in [3.8, 4) is 0 Å². The maximum absolute atomic E-state index is 11.4. The quantitative estimate of drug-likeness (QED) is 0.775. The topological polar surface area (TPSA) is 85.8 Å². The van der Waals surface area contributed by atoms with Gasteiger partial charge in [0.2, 0.25) is 0 Å². The Balaban J connectivity index is 2.28. The number of nitrogens with zero attached hydrogens (tertiary/aromatic N) is 3. The first-order chi connectivity index (χ1) is 9.63. The molecule has 1 aliphatic heterocycles. The lowest BCUT2D eigenvalue weighted by Gasteiger charge is -2.49. The lowest BCUT2D eigenvalue weighted by atomic mass is 10.0. The summed E-state index contributed by atoms with van der Waals surface area (Å²) in [5.41, 5.74) is 0.0744. The molecule has 20 heavy (non-hydrogen) atoms. The molecule has 0 saturated carbocycles. The fourth-order valence-corrected chi connectivity index (χ4v) is 2.60. The maximum Gasteiger partial charge on any atom is 0.408 e. The molecule has 0 bridgehead atoms. The number of hydrogen-bond donors (Lipinski definition) is 2. The number of pyridine rings is 1. The van der Waals surface area contributed by atoms with Crippen LogP contribution in [0.15, 0.2) is 24.5 Å². The van der Waals surface area contributed by atoms with E-state index in [4.69, 9.17) is 0 Å². The van der Waals surface area contributed by atoms with Crippen LogP contribution in [0, 0.1) is 0 Å². The highest BCUT2D eigenvalue weighted by atomic mass is 16.4. The van der Waals surface area contributed by atoms with E-state index >= 15 is 0 Å². The lowest BCUT2D eigenvalue weighted by Crippen LogP contribution is -2.69. The third kappa shape index (κ3) is 2.57. The van der Waals surface area contributed by atoms with Crippen LogP contribution in [-0.4, -0.2) is 59.7 Å². The van der Waals surface area contributed by atoms with Crippen molar-refractivity contribution in [2.75, 3.05) is 31.6 Å². The molecule has 1 amide bonds. The van der Waals surface area contributed by atoms with Gasteiger partial charge in [0.1, 0.15) is 11.9 Å². The van der Waals surface area contributed by atoms with Crippen LogP contribution < -0.4 is 10.2 Å². The molecule has 0 aromatic carbocycles. The zero-order valence-corrected chi connectivity index (χ0v) is 11.3. The number of carbonyl (C=O) groups is 2. The molecule has 0 spiro atoms. The number of piperazine rings is 1. The molecular formula is C13H18N4O3. The number of likely N-dealkylation sites (N-methyl/N-ethyl adjacent to an activating group) is 1. The van der Waals surface area contributed by atoms with E-state index in [0.29, 0.717) is 19.6 Å². The molecule has 108 valence electrons. The second-order valence-corrected chi connectivity index (χ2v) is 4.71. The van der Waals surface area contributed by atoms with Gasteiger partial charge in [0.25, 0.3) is 0 Å². The van der Waals surface area contributed by atoms with Gasteiger partial charge in [0.05, 0.1) is 6.54 Å². The molecule has 1 atom stereocenters. The van der Waals surface area contributed by atoms with E-state index in [1.807, 2.05) is 12.1 Å². The molecule has 0 radical (unpaired) electrons. The largest absolute Gasteiger partial charge is 0.465 e. The van der Waals surface area contributed by atoms with E-state index in [9.17, 15) is 14.7 Å². The van der Waals surface area contributed by atoms with Gasteiger partial charge < -0.3 is 14.8 Å². The van der Waals surface area contributed by atoms with Gasteiger partial charge in [-0.3, -0.25) is 15.2 Å². The van der Waals surface area contributed by atoms with Gasteiger partial charge in [-0.05, 0) is 19.2 Å². The summed E-state index contributed by atoms with van der Waals surface area (Å²) in [6, 6.07) is 3.75. The standard InChI is InChI=1S/C13H18N4O3/c1-14-13(4-9-18)10-16(7-8-17(13)12(19)20)11-2-5-15-6-3-11/h2-3,5-6,9,14H,4,7-8,10H2,1H3,(H,19,20). The van der Waals surface area contributed by atoms with E-state index < -0.39 is 11.8 Å². The fraction of sp³-hybridized carbons (Fsp3) is 0.462. The van der Waals surface area contributed by atoms with Crippen LogP contribution in [0.3, 0.4) is 0 Å². The SMILES string of the molecule is CNC1(CC=O)CN(c2ccncc2)CCN1C(=O)O. The summed E-state index contributed by atoms with van der Waals surface area (Å²) in [4.78, 5) is 29.7. The van der Waals surface area contributed by atoms with Crippen LogP contribution in [0.5, 0.6) is 0 Å². The number of rotatable bonds is 4. The highest BCUT2D eigenvalue weighted by Crippen LogP contribution is 2.25. The molecule has 2 rings (SSSR count). The number of aldehydes is 1. The first-order valence-electron chi connectivity index (χ1n) is 6.41. The van der Waals surface area contributed by atoms with E-state index in [-0.39, 0.29) is 6.42 Å². The lowest BCUT2D eigenvalue weighted by molar-refractivity contribution is -0.110. The highest BCUT2D eigenvalue weighted by Gasteiger charge is 2.43. The summed E-state index contributed by atoms with van der Waals surface area (Å²) >= 11 is 0. The van der Waals surface area contributed by atoms with Crippen LogP contribution in [0.2, 0.25) is 0 Å². The number of aromatic nitrogens is 1. The minimum absolute atomic E-state index is 0.109. The first-order valence-corrected chi connectivity index (χ1v) is 6.41. The Morgan fingerprint density at radius 3 is 2.75 bits per heavy atom. The molecule has 7 heteroatoms. The number of nitrogens with one attached hydrogen (secondary N) is 1. The van der Waals surface area contributed by atoms with Crippen molar-refractivity contribution in [1.82, 2.24) is 15.2 Å². The van der Waals surface area contributed by atoms with Gasteiger partial charge >= 0.3 is 6.09 Å². The van der Waals surface area contributed by atoms with Crippen LogP contribution in [0.1, 0.15) is 6.42 Å². The summed E-state index contributed by atoms with van der Waals surface area (Å²) < 4.78 is 0. The summed E-state index contributed by atoms with van der Waals surface area (Å²) in [5.74, 6) is 0. The van der Waals surface area contributed by atoms with Gasteiger partial charge in [-0.15, -0.1) is 0 Å². The zero-order chi connectivity index (χ0) is 14.6. The first kappa shape index (κ1) is 14.3. The number of amides is 1. The zero-order valence-electron chi connectivity index (χ0n) is 11.3. The minimum Gasteiger partial charge on any atom is -0.465 e. The molecule has 2 heterocycles. The normalized spacial score (nSPS) is 22.6. The molecule has 1 fully saturated rings. The average Bonchev–Trinajstić information content (AvgIpc) is 2.48. The highest BCUT2D eigenvalue weighted by molar-refractivity contribution is 5.68.